The maximum atomic E-state index is 11.4. The number of nitrogens with zero attached hydrogens (tertiary/aromatic N) is 1. The van der Waals surface area contributed by atoms with Crippen molar-refractivity contribution in [1.82, 2.24) is 10.2 Å². The molecule has 0 aromatic heterocycles. The molecule has 88 valence electrons. The molecule has 1 amide bonds. The first-order valence-corrected chi connectivity index (χ1v) is 5.89. The lowest BCUT2D eigenvalue weighted by Crippen LogP contribution is -2.38. The predicted molar refractivity (Wildman–Crippen MR) is 59.6 cm³/mol. The molecule has 2 N–H and O–H groups in total. The highest BCUT2D eigenvalue weighted by atomic mass is 16.3. The highest BCUT2D eigenvalue weighted by molar-refractivity contribution is 5.76. The van der Waals surface area contributed by atoms with E-state index in [0.29, 0.717) is 12.5 Å². The van der Waals surface area contributed by atoms with Gasteiger partial charge in [0, 0.05) is 32.2 Å². The fraction of sp³-hybridized carbons (Fsp3) is 0.909. The van der Waals surface area contributed by atoms with Gasteiger partial charge in [-0.3, -0.25) is 4.79 Å². The van der Waals surface area contributed by atoms with E-state index in [1.807, 2.05) is 0 Å². The third-order valence-electron chi connectivity index (χ3n) is 2.98. The van der Waals surface area contributed by atoms with Crippen molar-refractivity contribution in [3.05, 3.63) is 0 Å². The zero-order chi connectivity index (χ0) is 11.1. The van der Waals surface area contributed by atoms with Crippen molar-refractivity contribution in [3.63, 3.8) is 0 Å². The summed E-state index contributed by atoms with van der Waals surface area (Å²) in [6, 6.07) is 0.365. The summed E-state index contributed by atoms with van der Waals surface area (Å²) in [4.78, 5) is 13.7. The van der Waals surface area contributed by atoms with E-state index in [2.05, 4.69) is 17.1 Å². The van der Waals surface area contributed by atoms with Crippen molar-refractivity contribution in [2.75, 3.05) is 26.2 Å². The zero-order valence-corrected chi connectivity index (χ0v) is 9.54. The molecule has 1 unspecified atom stereocenters. The molecular formula is C11H22N2O2. The molecule has 1 fully saturated rings. The second-order valence-corrected chi connectivity index (χ2v) is 4.06. The number of carbonyl (C=O) groups excluding carboxylic acids is 1. The summed E-state index contributed by atoms with van der Waals surface area (Å²) in [5.74, 6) is 0.167. The highest BCUT2D eigenvalue weighted by Gasteiger charge is 2.21. The van der Waals surface area contributed by atoms with Crippen LogP contribution in [0.4, 0.5) is 0 Å². The van der Waals surface area contributed by atoms with E-state index in [1.54, 1.807) is 0 Å². The lowest BCUT2D eigenvalue weighted by atomic mass is 10.1. The van der Waals surface area contributed by atoms with E-state index in [4.69, 9.17) is 5.11 Å². The van der Waals surface area contributed by atoms with Crippen molar-refractivity contribution >= 4 is 5.91 Å². The topological polar surface area (TPSA) is 52.6 Å². The summed E-state index contributed by atoms with van der Waals surface area (Å²) in [6.45, 7) is 5.01. The maximum Gasteiger partial charge on any atom is 0.221 e. The summed E-state index contributed by atoms with van der Waals surface area (Å²) in [6.07, 6.45) is 3.55. The molecule has 4 nitrogen and oxygen atoms in total. The standard InChI is InChI=1S/C11H22N2O2/c1-2-13(7-4-8-14)10-5-3-6-12-11(15)9-10/h10,14H,2-9H2,1H3,(H,12,15). The third-order valence-corrected chi connectivity index (χ3v) is 2.98. The quantitative estimate of drug-likeness (QED) is 0.695. The molecule has 1 atom stereocenters. The van der Waals surface area contributed by atoms with Crippen molar-refractivity contribution in [3.8, 4) is 0 Å². The Morgan fingerprint density at radius 1 is 1.60 bits per heavy atom. The van der Waals surface area contributed by atoms with Crippen LogP contribution in [-0.2, 0) is 4.79 Å². The maximum absolute atomic E-state index is 11.4. The Kier molecular flexibility index (Phi) is 5.65. The first-order chi connectivity index (χ1) is 7.27. The molecule has 0 saturated carbocycles. The molecule has 0 aliphatic carbocycles. The van der Waals surface area contributed by atoms with Crippen molar-refractivity contribution in [2.45, 2.75) is 38.6 Å². The van der Waals surface area contributed by atoms with E-state index < -0.39 is 0 Å². The Morgan fingerprint density at radius 2 is 2.40 bits per heavy atom. The van der Waals surface area contributed by atoms with Gasteiger partial charge in [-0.25, -0.2) is 0 Å². The third kappa shape index (κ3) is 4.18. The van der Waals surface area contributed by atoms with Crippen LogP contribution in [0.15, 0.2) is 0 Å². The molecule has 1 heterocycles. The number of nitrogens with one attached hydrogen (secondary N) is 1. The SMILES string of the molecule is CCN(CCCO)C1CCCNC(=O)C1. The first-order valence-electron chi connectivity index (χ1n) is 5.89. The Morgan fingerprint density at radius 3 is 3.07 bits per heavy atom. The lowest BCUT2D eigenvalue weighted by molar-refractivity contribution is -0.121. The Bertz CT molecular complexity index is 197. The van der Waals surface area contributed by atoms with E-state index in [1.165, 1.54) is 0 Å². The summed E-state index contributed by atoms with van der Waals surface area (Å²) < 4.78 is 0. The summed E-state index contributed by atoms with van der Waals surface area (Å²) in [7, 11) is 0. The van der Waals surface area contributed by atoms with Gasteiger partial charge in [-0.1, -0.05) is 6.92 Å². The molecule has 15 heavy (non-hydrogen) atoms. The van der Waals surface area contributed by atoms with Crippen LogP contribution in [0.2, 0.25) is 0 Å². The molecule has 1 rings (SSSR count). The van der Waals surface area contributed by atoms with Gasteiger partial charge in [-0.15, -0.1) is 0 Å². The normalized spacial score (nSPS) is 22.6. The fourth-order valence-corrected chi connectivity index (χ4v) is 2.14. The van der Waals surface area contributed by atoms with Crippen LogP contribution in [0, 0.1) is 0 Å². The van der Waals surface area contributed by atoms with Gasteiger partial charge in [0.2, 0.25) is 5.91 Å². The van der Waals surface area contributed by atoms with Gasteiger partial charge in [0.05, 0.1) is 0 Å². The minimum absolute atomic E-state index is 0.167. The number of hydrogen-bond acceptors (Lipinski definition) is 3. The molecule has 1 saturated heterocycles. The average Bonchev–Trinajstić information content (AvgIpc) is 2.44. The molecule has 0 aromatic carbocycles. The number of aliphatic hydroxyl groups excluding tert-OH is 1. The average molecular weight is 214 g/mol. The monoisotopic (exact) mass is 214 g/mol. The van der Waals surface area contributed by atoms with Gasteiger partial charge in [-0.05, 0) is 25.8 Å². The molecule has 4 heteroatoms. The van der Waals surface area contributed by atoms with Crippen LogP contribution in [-0.4, -0.2) is 48.2 Å². The number of hydrogen-bond donors (Lipinski definition) is 2. The number of aliphatic hydroxyl groups is 1. The Balaban J connectivity index is 2.45. The van der Waals surface area contributed by atoms with Crippen molar-refractivity contribution in [1.29, 1.82) is 0 Å². The van der Waals surface area contributed by atoms with Crippen LogP contribution in [0.1, 0.15) is 32.6 Å². The molecule has 0 aromatic rings. The second-order valence-electron chi connectivity index (χ2n) is 4.06. The van der Waals surface area contributed by atoms with Crippen LogP contribution in [0.3, 0.4) is 0 Å². The second kappa shape index (κ2) is 6.80. The van der Waals surface area contributed by atoms with E-state index >= 15 is 0 Å². The summed E-state index contributed by atoms with van der Waals surface area (Å²) >= 11 is 0. The van der Waals surface area contributed by atoms with Gasteiger partial charge in [0.25, 0.3) is 0 Å². The fourth-order valence-electron chi connectivity index (χ4n) is 2.14. The van der Waals surface area contributed by atoms with Gasteiger partial charge in [-0.2, -0.15) is 0 Å². The summed E-state index contributed by atoms with van der Waals surface area (Å²) in [5.41, 5.74) is 0. The first kappa shape index (κ1) is 12.5. The number of carbonyl (C=O) groups is 1. The van der Waals surface area contributed by atoms with Crippen LogP contribution < -0.4 is 5.32 Å². The van der Waals surface area contributed by atoms with E-state index in [9.17, 15) is 4.79 Å². The molecule has 0 spiro atoms. The van der Waals surface area contributed by atoms with Crippen LogP contribution in [0.25, 0.3) is 0 Å². The molecule has 1 aliphatic rings. The Labute approximate surface area is 91.6 Å². The Hall–Kier alpha value is -0.610. The molecule has 0 radical (unpaired) electrons. The van der Waals surface area contributed by atoms with Gasteiger partial charge in [0.1, 0.15) is 0 Å². The van der Waals surface area contributed by atoms with Crippen molar-refractivity contribution in [2.24, 2.45) is 0 Å². The largest absolute Gasteiger partial charge is 0.396 e. The molecule has 1 aliphatic heterocycles. The van der Waals surface area contributed by atoms with Gasteiger partial charge in [0.15, 0.2) is 0 Å². The predicted octanol–water partition coefficient (Wildman–Crippen LogP) is 0.359. The van der Waals surface area contributed by atoms with Crippen LogP contribution in [0.5, 0.6) is 0 Å². The van der Waals surface area contributed by atoms with Gasteiger partial charge >= 0.3 is 0 Å². The number of rotatable bonds is 5. The smallest absolute Gasteiger partial charge is 0.221 e. The number of amides is 1. The minimum Gasteiger partial charge on any atom is -0.396 e. The molecular weight excluding hydrogens is 192 g/mol. The van der Waals surface area contributed by atoms with E-state index in [0.717, 1.165) is 38.9 Å². The van der Waals surface area contributed by atoms with Gasteiger partial charge < -0.3 is 15.3 Å². The van der Waals surface area contributed by atoms with E-state index in [-0.39, 0.29) is 12.5 Å². The van der Waals surface area contributed by atoms with Crippen LogP contribution >= 0.6 is 0 Å². The minimum atomic E-state index is 0.167. The van der Waals surface area contributed by atoms with Crippen molar-refractivity contribution < 1.29 is 9.90 Å². The lowest BCUT2D eigenvalue weighted by Gasteiger charge is -2.28. The molecule has 0 bridgehead atoms. The summed E-state index contributed by atoms with van der Waals surface area (Å²) in [5, 5.41) is 11.7. The zero-order valence-electron chi connectivity index (χ0n) is 9.54. The highest BCUT2D eigenvalue weighted by Crippen LogP contribution is 2.14.